The molecule has 0 spiro atoms. The lowest BCUT2D eigenvalue weighted by atomic mass is 9.72. The molecule has 1 aliphatic heterocycles. The summed E-state index contributed by atoms with van der Waals surface area (Å²) in [5, 5.41) is 0. The Hall–Kier alpha value is -1.88. The van der Waals surface area contributed by atoms with Crippen molar-refractivity contribution in [1.82, 2.24) is 4.90 Å². The monoisotopic (exact) mass is 333 g/mol. The van der Waals surface area contributed by atoms with E-state index in [9.17, 15) is 9.59 Å². The van der Waals surface area contributed by atoms with Crippen molar-refractivity contribution in [2.45, 2.75) is 38.5 Å². The highest BCUT2D eigenvalue weighted by Crippen LogP contribution is 2.36. The molecular weight excluding hydrogens is 306 g/mol. The van der Waals surface area contributed by atoms with Gasteiger partial charge in [0.05, 0.1) is 25.0 Å². The number of benzene rings is 1. The van der Waals surface area contributed by atoms with Crippen LogP contribution in [-0.2, 0) is 24.5 Å². The summed E-state index contributed by atoms with van der Waals surface area (Å²) in [5.74, 6) is -0.302. The topological polar surface area (TPSA) is 55.8 Å². The number of ether oxygens (including phenoxy) is 2. The van der Waals surface area contributed by atoms with E-state index in [4.69, 9.17) is 9.47 Å². The van der Waals surface area contributed by atoms with Crippen LogP contribution in [0.3, 0.4) is 0 Å². The maximum Gasteiger partial charge on any atom is 0.316 e. The molecule has 1 aromatic carbocycles. The number of carbonyl (C=O) groups is 2. The fourth-order valence-corrected chi connectivity index (χ4v) is 3.28. The van der Waals surface area contributed by atoms with E-state index in [2.05, 4.69) is 4.90 Å². The van der Waals surface area contributed by atoms with E-state index in [1.54, 1.807) is 0 Å². The summed E-state index contributed by atoms with van der Waals surface area (Å²) in [6.07, 6.45) is 1.81. The number of hydrogen-bond donors (Lipinski definition) is 0. The van der Waals surface area contributed by atoms with Gasteiger partial charge in [0.2, 0.25) is 0 Å². The molecule has 0 saturated carbocycles. The third-order valence-electron chi connectivity index (χ3n) is 4.64. The number of piperidine rings is 1. The Balaban J connectivity index is 2.02. The molecule has 0 amide bonds. The fourth-order valence-electron chi connectivity index (χ4n) is 3.28. The van der Waals surface area contributed by atoms with Gasteiger partial charge in [-0.25, -0.2) is 0 Å². The highest BCUT2D eigenvalue weighted by atomic mass is 16.5. The Bertz CT molecular complexity index is 536. The molecular formula is C19H27NO4. The first-order chi connectivity index (χ1) is 11.6. The van der Waals surface area contributed by atoms with E-state index >= 15 is 0 Å². The van der Waals surface area contributed by atoms with Crippen LogP contribution in [0.25, 0.3) is 0 Å². The van der Waals surface area contributed by atoms with Gasteiger partial charge in [-0.3, -0.25) is 9.59 Å². The summed E-state index contributed by atoms with van der Waals surface area (Å²) < 4.78 is 10.3. The van der Waals surface area contributed by atoms with Gasteiger partial charge in [-0.1, -0.05) is 30.3 Å². The Morgan fingerprint density at radius 1 is 1.04 bits per heavy atom. The standard InChI is InChI=1S/C19H27NO4/c1-3-23-17(21)10-13-20-14-11-19(12-15-20,18(22)24-4-2)16-8-6-5-7-9-16/h5-9H,3-4,10-15H2,1-2H3. The third-order valence-corrected chi connectivity index (χ3v) is 4.64. The second-order valence-corrected chi connectivity index (χ2v) is 6.07. The summed E-state index contributed by atoms with van der Waals surface area (Å²) in [7, 11) is 0. The Morgan fingerprint density at radius 2 is 1.67 bits per heavy atom. The van der Waals surface area contributed by atoms with Crippen molar-refractivity contribution in [3.05, 3.63) is 35.9 Å². The molecule has 1 aromatic rings. The van der Waals surface area contributed by atoms with Gasteiger partial charge in [-0.2, -0.15) is 0 Å². The van der Waals surface area contributed by atoms with Gasteiger partial charge in [-0.15, -0.1) is 0 Å². The second-order valence-electron chi connectivity index (χ2n) is 6.07. The molecule has 24 heavy (non-hydrogen) atoms. The van der Waals surface area contributed by atoms with E-state index in [-0.39, 0.29) is 11.9 Å². The predicted molar refractivity (Wildman–Crippen MR) is 91.7 cm³/mol. The number of nitrogens with zero attached hydrogens (tertiary/aromatic N) is 1. The van der Waals surface area contributed by atoms with Gasteiger partial charge in [0.15, 0.2) is 0 Å². The van der Waals surface area contributed by atoms with Crippen LogP contribution in [0.5, 0.6) is 0 Å². The molecule has 0 aromatic heterocycles. The lowest BCUT2D eigenvalue weighted by molar-refractivity contribution is -0.153. The van der Waals surface area contributed by atoms with Crippen LogP contribution in [0.1, 0.15) is 38.7 Å². The van der Waals surface area contributed by atoms with Gasteiger partial charge in [0.1, 0.15) is 0 Å². The number of likely N-dealkylation sites (tertiary alicyclic amines) is 1. The van der Waals surface area contributed by atoms with E-state index in [0.29, 0.717) is 39.0 Å². The quantitative estimate of drug-likeness (QED) is 0.718. The highest BCUT2D eigenvalue weighted by Gasteiger charge is 2.44. The van der Waals surface area contributed by atoms with E-state index < -0.39 is 5.41 Å². The zero-order valence-corrected chi connectivity index (χ0v) is 14.6. The summed E-state index contributed by atoms with van der Waals surface area (Å²) >= 11 is 0. The minimum Gasteiger partial charge on any atom is -0.466 e. The number of hydrogen-bond acceptors (Lipinski definition) is 5. The van der Waals surface area contributed by atoms with Crippen molar-refractivity contribution in [3.8, 4) is 0 Å². The van der Waals surface area contributed by atoms with Gasteiger partial charge in [0.25, 0.3) is 0 Å². The van der Waals surface area contributed by atoms with Crippen molar-refractivity contribution in [2.24, 2.45) is 0 Å². The molecule has 0 atom stereocenters. The smallest absolute Gasteiger partial charge is 0.316 e. The first-order valence-electron chi connectivity index (χ1n) is 8.73. The van der Waals surface area contributed by atoms with Crippen LogP contribution in [0.15, 0.2) is 30.3 Å². The van der Waals surface area contributed by atoms with Gasteiger partial charge in [0, 0.05) is 6.54 Å². The number of rotatable bonds is 7. The van der Waals surface area contributed by atoms with Crippen LogP contribution in [0.4, 0.5) is 0 Å². The molecule has 1 saturated heterocycles. The van der Waals surface area contributed by atoms with Crippen LogP contribution < -0.4 is 0 Å². The maximum absolute atomic E-state index is 12.7. The van der Waals surface area contributed by atoms with Crippen molar-refractivity contribution < 1.29 is 19.1 Å². The predicted octanol–water partition coefficient (Wildman–Crippen LogP) is 2.54. The molecule has 1 aliphatic rings. The second kappa shape index (κ2) is 8.83. The molecule has 2 rings (SSSR count). The van der Waals surface area contributed by atoms with E-state index in [1.807, 2.05) is 44.2 Å². The van der Waals surface area contributed by atoms with E-state index in [0.717, 1.165) is 18.7 Å². The summed E-state index contributed by atoms with van der Waals surface area (Å²) in [6, 6.07) is 9.89. The lowest BCUT2D eigenvalue weighted by Gasteiger charge is -2.40. The molecule has 5 nitrogen and oxygen atoms in total. The third kappa shape index (κ3) is 4.35. The number of carbonyl (C=O) groups excluding carboxylic acids is 2. The fraction of sp³-hybridized carbons (Fsp3) is 0.579. The summed E-state index contributed by atoms with van der Waals surface area (Å²) in [5.41, 5.74) is 0.450. The lowest BCUT2D eigenvalue weighted by Crippen LogP contribution is -2.48. The summed E-state index contributed by atoms with van der Waals surface area (Å²) in [6.45, 7) is 6.67. The molecule has 0 unspecified atom stereocenters. The normalized spacial score (nSPS) is 17.2. The van der Waals surface area contributed by atoms with Crippen LogP contribution in [-0.4, -0.2) is 49.7 Å². The van der Waals surface area contributed by atoms with Crippen molar-refractivity contribution in [3.63, 3.8) is 0 Å². The van der Waals surface area contributed by atoms with Crippen LogP contribution in [0, 0.1) is 0 Å². The van der Waals surface area contributed by atoms with Crippen molar-refractivity contribution >= 4 is 11.9 Å². The number of esters is 2. The molecule has 1 fully saturated rings. The molecule has 5 heteroatoms. The minimum absolute atomic E-state index is 0.138. The van der Waals surface area contributed by atoms with Crippen LogP contribution in [0.2, 0.25) is 0 Å². The molecule has 0 N–H and O–H groups in total. The first-order valence-corrected chi connectivity index (χ1v) is 8.73. The SMILES string of the molecule is CCOC(=O)CCN1CCC(C(=O)OCC)(c2ccccc2)CC1. The van der Waals surface area contributed by atoms with Gasteiger partial charge >= 0.3 is 11.9 Å². The Morgan fingerprint density at radius 3 is 2.25 bits per heavy atom. The largest absolute Gasteiger partial charge is 0.466 e. The zero-order valence-electron chi connectivity index (χ0n) is 14.6. The zero-order chi connectivity index (χ0) is 17.4. The summed E-state index contributed by atoms with van der Waals surface area (Å²) in [4.78, 5) is 26.4. The Kier molecular flexibility index (Phi) is 6.79. The molecule has 0 aliphatic carbocycles. The Labute approximate surface area is 143 Å². The average molecular weight is 333 g/mol. The minimum atomic E-state index is -0.572. The highest BCUT2D eigenvalue weighted by molar-refractivity contribution is 5.83. The molecule has 1 heterocycles. The van der Waals surface area contributed by atoms with Gasteiger partial charge in [-0.05, 0) is 45.3 Å². The average Bonchev–Trinajstić information content (AvgIpc) is 2.61. The molecule has 0 radical (unpaired) electrons. The first kappa shape index (κ1) is 18.5. The molecule has 132 valence electrons. The van der Waals surface area contributed by atoms with Gasteiger partial charge < -0.3 is 14.4 Å². The molecule has 0 bridgehead atoms. The van der Waals surface area contributed by atoms with Crippen molar-refractivity contribution in [1.29, 1.82) is 0 Å². The van der Waals surface area contributed by atoms with E-state index in [1.165, 1.54) is 0 Å². The van der Waals surface area contributed by atoms with Crippen molar-refractivity contribution in [2.75, 3.05) is 32.8 Å². The maximum atomic E-state index is 12.7. The van der Waals surface area contributed by atoms with Crippen LogP contribution >= 0.6 is 0 Å².